The van der Waals surface area contributed by atoms with Crippen LogP contribution in [-0.4, -0.2) is 0 Å². The Balaban J connectivity index is 0. The average Bonchev–Trinajstić information content (AvgIpc) is 2.09. The van der Waals surface area contributed by atoms with Crippen LogP contribution in [-0.2, 0) is 0 Å². The molecule has 0 unspecified atom stereocenters. The smallest absolute Gasteiger partial charge is 0.183 e. The summed E-state index contributed by atoms with van der Waals surface area (Å²) in [4.78, 5) is 0. The minimum Gasteiger partial charge on any atom is -0.183 e. The van der Waals surface area contributed by atoms with Gasteiger partial charge in [-0.3, -0.25) is 0 Å². The van der Waals surface area contributed by atoms with Gasteiger partial charge in [-0.25, -0.2) is 0 Å². The summed E-state index contributed by atoms with van der Waals surface area (Å²) in [5.41, 5.74) is 0. The summed E-state index contributed by atoms with van der Waals surface area (Å²) in [7, 11) is 0. The molecule has 0 fully saturated rings. The molecule has 0 aliphatic carbocycles. The summed E-state index contributed by atoms with van der Waals surface area (Å²) in [6.07, 6.45) is 2.03. The molecule has 1 heteroatoms. The van der Waals surface area contributed by atoms with E-state index in [9.17, 15) is 0 Å². The van der Waals surface area contributed by atoms with Crippen LogP contribution >= 0.6 is 0 Å². The summed E-state index contributed by atoms with van der Waals surface area (Å²) in [5.74, 6) is 0. The summed E-state index contributed by atoms with van der Waals surface area (Å²) in [6, 6.07) is 8.74. The van der Waals surface area contributed by atoms with E-state index < -0.39 is 0 Å². The van der Waals surface area contributed by atoms with Gasteiger partial charge in [-0.15, -0.1) is 36.3 Å². The van der Waals surface area contributed by atoms with Crippen molar-refractivity contribution in [3.8, 4) is 0 Å². The number of hydrogen-bond donors (Lipinski definition) is 0. The van der Waals surface area contributed by atoms with E-state index >= 15 is 0 Å². The second-order valence-electron chi connectivity index (χ2n) is 1.91. The maximum absolute atomic E-state index is 3.84. The van der Waals surface area contributed by atoms with Crippen molar-refractivity contribution in [3.05, 3.63) is 47.9 Å². The predicted molar refractivity (Wildman–Crippen MR) is 51.4 cm³/mol. The fourth-order valence-electron chi connectivity index (χ4n) is 0.744. The van der Waals surface area contributed by atoms with Crippen molar-refractivity contribution >= 4 is 12.7 Å². The molecule has 0 radical (unpaired) electrons. The monoisotopic (exact) mass is 184 g/mol. The van der Waals surface area contributed by atoms with Crippen molar-refractivity contribution in [2.24, 2.45) is 0 Å². The SMILES string of the molecule is C=C.C=c1cc[c-]c/c1=C/C.[K+]. The molecule has 0 aliphatic heterocycles. The van der Waals surface area contributed by atoms with Gasteiger partial charge in [0.2, 0.25) is 0 Å². The molecule has 0 bridgehead atoms. The number of hydrogen-bond acceptors (Lipinski definition) is 0. The largest absolute Gasteiger partial charge is 1.00 e. The van der Waals surface area contributed by atoms with Crippen LogP contribution in [0, 0.1) is 6.07 Å². The molecule has 0 saturated heterocycles. The van der Waals surface area contributed by atoms with E-state index in [1.54, 1.807) is 0 Å². The Kier molecular flexibility index (Phi) is 11.7. The predicted octanol–water partition coefficient (Wildman–Crippen LogP) is -1.50. The Bertz CT molecular complexity index is 301. The molecule has 0 aromatic heterocycles. The molecule has 1 aromatic carbocycles. The van der Waals surface area contributed by atoms with E-state index in [4.69, 9.17) is 0 Å². The van der Waals surface area contributed by atoms with Crippen molar-refractivity contribution < 1.29 is 51.4 Å². The molecule has 0 heterocycles. The topological polar surface area (TPSA) is 0 Å². The van der Waals surface area contributed by atoms with E-state index in [1.807, 2.05) is 31.2 Å². The van der Waals surface area contributed by atoms with Crippen LogP contribution in [0.4, 0.5) is 0 Å². The van der Waals surface area contributed by atoms with E-state index in [-0.39, 0.29) is 51.4 Å². The van der Waals surface area contributed by atoms with Gasteiger partial charge in [0.05, 0.1) is 0 Å². The Labute approximate surface area is 117 Å². The van der Waals surface area contributed by atoms with Crippen LogP contribution in [0.3, 0.4) is 0 Å². The first-order valence-corrected chi connectivity index (χ1v) is 3.46. The first-order chi connectivity index (χ1) is 5.34. The Morgan fingerprint density at radius 3 is 2.33 bits per heavy atom. The third-order valence-electron chi connectivity index (χ3n) is 1.30. The van der Waals surface area contributed by atoms with Crippen LogP contribution in [0.2, 0.25) is 0 Å². The molecule has 58 valence electrons. The van der Waals surface area contributed by atoms with Crippen molar-refractivity contribution in [1.82, 2.24) is 0 Å². The first-order valence-electron chi connectivity index (χ1n) is 3.46. The third-order valence-corrected chi connectivity index (χ3v) is 1.30. The molecular weight excluding hydrogens is 171 g/mol. The zero-order valence-electron chi connectivity index (χ0n) is 7.93. The van der Waals surface area contributed by atoms with Crippen molar-refractivity contribution in [2.75, 3.05) is 0 Å². The standard InChI is InChI=1S/C9H9.C2H4.K/c1-3-9-7-5-4-6-8(9)2;1-2;/h3-4,6-7H,2H2,1H3;1-2H2;/q-1;;+1/b9-3-;;. The zero-order chi connectivity index (χ0) is 8.69. The minimum atomic E-state index is 0. The van der Waals surface area contributed by atoms with Gasteiger partial charge in [-0.05, 0) is 0 Å². The van der Waals surface area contributed by atoms with Gasteiger partial charge in [0.25, 0.3) is 0 Å². The van der Waals surface area contributed by atoms with Crippen LogP contribution in [0.25, 0.3) is 12.7 Å². The van der Waals surface area contributed by atoms with E-state index in [0.717, 1.165) is 10.4 Å². The van der Waals surface area contributed by atoms with Gasteiger partial charge in [0, 0.05) is 0 Å². The Hall–Kier alpha value is 0.336. The Morgan fingerprint density at radius 1 is 1.42 bits per heavy atom. The fourth-order valence-corrected chi connectivity index (χ4v) is 0.744. The molecule has 0 amide bonds. The number of rotatable bonds is 0. The van der Waals surface area contributed by atoms with E-state index in [0.29, 0.717) is 0 Å². The van der Waals surface area contributed by atoms with Gasteiger partial charge < -0.3 is 0 Å². The van der Waals surface area contributed by atoms with Crippen molar-refractivity contribution in [1.29, 1.82) is 0 Å². The van der Waals surface area contributed by atoms with Gasteiger partial charge in [-0.2, -0.15) is 24.3 Å². The van der Waals surface area contributed by atoms with Gasteiger partial charge in [0.1, 0.15) is 0 Å². The quantitative estimate of drug-likeness (QED) is 0.262. The molecular formula is C11H13K. The summed E-state index contributed by atoms with van der Waals surface area (Å²) >= 11 is 0. The van der Waals surface area contributed by atoms with Gasteiger partial charge in [-0.1, -0.05) is 6.92 Å². The summed E-state index contributed by atoms with van der Waals surface area (Å²) < 4.78 is 0. The van der Waals surface area contributed by atoms with Crippen molar-refractivity contribution in [3.63, 3.8) is 0 Å². The van der Waals surface area contributed by atoms with Crippen LogP contribution in [0.1, 0.15) is 6.92 Å². The van der Waals surface area contributed by atoms with Crippen LogP contribution in [0.15, 0.2) is 31.4 Å². The minimum absolute atomic E-state index is 0. The normalized spacial score (nSPS) is 9.25. The molecule has 1 rings (SSSR count). The molecule has 0 N–H and O–H groups in total. The molecule has 1 aromatic rings. The first kappa shape index (κ1) is 14.8. The van der Waals surface area contributed by atoms with Gasteiger partial charge in [0.15, 0.2) is 0 Å². The second-order valence-corrected chi connectivity index (χ2v) is 1.91. The molecule has 0 spiro atoms. The maximum Gasteiger partial charge on any atom is 1.00 e. The van der Waals surface area contributed by atoms with Crippen molar-refractivity contribution in [2.45, 2.75) is 6.92 Å². The maximum atomic E-state index is 3.84. The number of benzene rings is 1. The van der Waals surface area contributed by atoms with Crippen LogP contribution < -0.4 is 61.8 Å². The fraction of sp³-hybridized carbons (Fsp3) is 0.0909. The molecule has 0 saturated carbocycles. The zero-order valence-corrected chi connectivity index (χ0v) is 11.1. The molecule has 0 nitrogen and oxygen atoms in total. The molecule has 0 atom stereocenters. The van der Waals surface area contributed by atoms with Crippen LogP contribution in [0.5, 0.6) is 0 Å². The molecule has 12 heavy (non-hydrogen) atoms. The van der Waals surface area contributed by atoms with Gasteiger partial charge >= 0.3 is 51.4 Å². The summed E-state index contributed by atoms with van der Waals surface area (Å²) in [6.45, 7) is 11.8. The average molecular weight is 184 g/mol. The second kappa shape index (κ2) is 9.42. The molecule has 0 aliphatic rings. The van der Waals surface area contributed by atoms with E-state index in [2.05, 4.69) is 25.8 Å². The Morgan fingerprint density at radius 2 is 2.00 bits per heavy atom. The summed E-state index contributed by atoms with van der Waals surface area (Å²) in [5, 5.41) is 2.23. The third kappa shape index (κ3) is 5.07. The van der Waals surface area contributed by atoms with E-state index in [1.165, 1.54) is 0 Å².